The maximum atomic E-state index is 6.02. The van der Waals surface area contributed by atoms with Gasteiger partial charge in [0.15, 0.2) is 11.0 Å². The van der Waals surface area contributed by atoms with Gasteiger partial charge >= 0.3 is 0 Å². The third-order valence-corrected chi connectivity index (χ3v) is 4.55. The van der Waals surface area contributed by atoms with E-state index in [4.69, 9.17) is 16.3 Å². The second-order valence-electron chi connectivity index (χ2n) is 5.17. The van der Waals surface area contributed by atoms with Crippen molar-refractivity contribution in [3.05, 3.63) is 16.3 Å². The number of anilines is 1. The van der Waals surface area contributed by atoms with E-state index in [0.717, 1.165) is 30.1 Å². The normalized spacial score (nSPS) is 27.4. The second kappa shape index (κ2) is 4.67. The molecule has 0 radical (unpaired) electrons. The van der Waals surface area contributed by atoms with Crippen molar-refractivity contribution in [1.82, 2.24) is 10.2 Å². The zero-order chi connectivity index (χ0) is 12.7. The van der Waals surface area contributed by atoms with Crippen LogP contribution in [-0.2, 0) is 4.74 Å². The number of ether oxygens (including phenoxy) is 1. The molecule has 2 heterocycles. The lowest BCUT2D eigenvalue weighted by Gasteiger charge is -2.39. The standard InChI is InChI=1S/C13H18ClN3O/c1-8-9(2)13(16-15-12(8)14)17-6-7-18-11-5-3-4-10(11)17/h10-11H,3-7H2,1-2H3. The first kappa shape index (κ1) is 12.2. The number of fused-ring (bicyclic) bond motifs is 1. The summed E-state index contributed by atoms with van der Waals surface area (Å²) < 4.78 is 5.83. The highest BCUT2D eigenvalue weighted by Gasteiger charge is 2.37. The highest BCUT2D eigenvalue weighted by Crippen LogP contribution is 2.34. The van der Waals surface area contributed by atoms with Gasteiger partial charge in [0, 0.05) is 6.54 Å². The number of halogens is 1. The summed E-state index contributed by atoms with van der Waals surface area (Å²) in [5.74, 6) is 0.983. The van der Waals surface area contributed by atoms with Crippen molar-refractivity contribution in [2.24, 2.45) is 0 Å². The summed E-state index contributed by atoms with van der Waals surface area (Å²) in [4.78, 5) is 2.37. The maximum absolute atomic E-state index is 6.02. The molecule has 0 bridgehead atoms. The predicted octanol–water partition coefficient (Wildman–Crippen LogP) is 2.50. The Morgan fingerprint density at radius 1 is 1.22 bits per heavy atom. The SMILES string of the molecule is Cc1c(Cl)nnc(N2CCOC3CCCC32)c1C. The minimum absolute atomic E-state index is 0.371. The van der Waals surface area contributed by atoms with Crippen LogP contribution in [0.2, 0.25) is 5.15 Å². The van der Waals surface area contributed by atoms with E-state index < -0.39 is 0 Å². The van der Waals surface area contributed by atoms with Crippen LogP contribution in [0.3, 0.4) is 0 Å². The molecule has 0 aromatic carbocycles. The molecular formula is C13H18ClN3O. The van der Waals surface area contributed by atoms with E-state index in [1.54, 1.807) is 0 Å². The molecule has 5 heteroatoms. The van der Waals surface area contributed by atoms with Crippen LogP contribution in [0.25, 0.3) is 0 Å². The Balaban J connectivity index is 1.96. The second-order valence-corrected chi connectivity index (χ2v) is 5.52. The average molecular weight is 268 g/mol. The number of rotatable bonds is 1. The molecule has 1 aliphatic carbocycles. The van der Waals surface area contributed by atoms with Crippen LogP contribution in [0.15, 0.2) is 0 Å². The lowest BCUT2D eigenvalue weighted by atomic mass is 10.1. The minimum Gasteiger partial charge on any atom is -0.374 e. The molecule has 2 atom stereocenters. The first-order valence-electron chi connectivity index (χ1n) is 6.56. The lowest BCUT2D eigenvalue weighted by molar-refractivity contribution is 0.0252. The third kappa shape index (κ3) is 1.88. The maximum Gasteiger partial charge on any atom is 0.155 e. The number of nitrogens with zero attached hydrogens (tertiary/aromatic N) is 3. The van der Waals surface area contributed by atoms with Gasteiger partial charge in [-0.2, -0.15) is 0 Å². The van der Waals surface area contributed by atoms with Gasteiger partial charge in [-0.1, -0.05) is 11.6 Å². The van der Waals surface area contributed by atoms with Gasteiger partial charge < -0.3 is 9.64 Å². The smallest absolute Gasteiger partial charge is 0.155 e. The summed E-state index contributed by atoms with van der Waals surface area (Å²) in [6, 6.07) is 0.465. The molecule has 1 aliphatic heterocycles. The van der Waals surface area contributed by atoms with E-state index in [2.05, 4.69) is 22.0 Å². The van der Waals surface area contributed by atoms with Crippen LogP contribution in [-0.4, -0.2) is 35.5 Å². The van der Waals surface area contributed by atoms with Crippen LogP contribution in [0.5, 0.6) is 0 Å². The van der Waals surface area contributed by atoms with Crippen molar-refractivity contribution in [3.8, 4) is 0 Å². The van der Waals surface area contributed by atoms with Gasteiger partial charge in [-0.3, -0.25) is 0 Å². The van der Waals surface area contributed by atoms with Crippen molar-refractivity contribution in [2.75, 3.05) is 18.1 Å². The Morgan fingerprint density at radius 2 is 2.06 bits per heavy atom. The summed E-state index contributed by atoms with van der Waals surface area (Å²) in [5.41, 5.74) is 2.17. The highest BCUT2D eigenvalue weighted by atomic mass is 35.5. The highest BCUT2D eigenvalue weighted by molar-refractivity contribution is 6.30. The quantitative estimate of drug-likeness (QED) is 0.784. The van der Waals surface area contributed by atoms with E-state index in [1.807, 2.05) is 6.92 Å². The molecule has 98 valence electrons. The molecule has 0 amide bonds. The summed E-state index contributed by atoms with van der Waals surface area (Å²) in [6.45, 7) is 5.76. The summed E-state index contributed by atoms with van der Waals surface area (Å²) in [6.07, 6.45) is 3.97. The monoisotopic (exact) mass is 267 g/mol. The molecule has 2 unspecified atom stereocenters. The van der Waals surface area contributed by atoms with E-state index in [9.17, 15) is 0 Å². The Hall–Kier alpha value is -0.870. The van der Waals surface area contributed by atoms with Crippen LogP contribution in [0.1, 0.15) is 30.4 Å². The molecule has 18 heavy (non-hydrogen) atoms. The van der Waals surface area contributed by atoms with Crippen molar-refractivity contribution in [1.29, 1.82) is 0 Å². The molecule has 1 saturated heterocycles. The molecule has 4 nitrogen and oxygen atoms in total. The minimum atomic E-state index is 0.371. The van der Waals surface area contributed by atoms with E-state index in [-0.39, 0.29) is 0 Å². The fourth-order valence-electron chi connectivity index (χ4n) is 3.03. The number of hydrogen-bond donors (Lipinski definition) is 0. The number of aromatic nitrogens is 2. The van der Waals surface area contributed by atoms with E-state index >= 15 is 0 Å². The largest absolute Gasteiger partial charge is 0.374 e. The zero-order valence-corrected chi connectivity index (χ0v) is 11.6. The molecule has 0 N–H and O–H groups in total. The first-order chi connectivity index (χ1) is 8.68. The topological polar surface area (TPSA) is 38.2 Å². The van der Waals surface area contributed by atoms with E-state index in [1.165, 1.54) is 19.3 Å². The van der Waals surface area contributed by atoms with Gasteiger partial charge in [-0.05, 0) is 44.2 Å². The van der Waals surface area contributed by atoms with Gasteiger partial charge in [0.2, 0.25) is 0 Å². The Bertz CT molecular complexity index is 466. The first-order valence-corrected chi connectivity index (χ1v) is 6.94. The van der Waals surface area contributed by atoms with Crippen LogP contribution in [0.4, 0.5) is 5.82 Å². The number of morpholine rings is 1. The van der Waals surface area contributed by atoms with Crippen molar-refractivity contribution in [3.63, 3.8) is 0 Å². The molecule has 3 rings (SSSR count). The van der Waals surface area contributed by atoms with E-state index in [0.29, 0.717) is 17.3 Å². The molecule has 2 aliphatic rings. The Labute approximate surface area is 112 Å². The fourth-order valence-corrected chi connectivity index (χ4v) is 3.20. The molecule has 1 aromatic rings. The van der Waals surface area contributed by atoms with Crippen LogP contribution >= 0.6 is 11.6 Å². The lowest BCUT2D eigenvalue weighted by Crippen LogP contribution is -2.49. The van der Waals surface area contributed by atoms with Crippen molar-refractivity contribution >= 4 is 17.4 Å². The molecule has 2 fully saturated rings. The summed E-state index contributed by atoms with van der Waals surface area (Å²) in [7, 11) is 0. The molecule has 1 saturated carbocycles. The van der Waals surface area contributed by atoms with Crippen molar-refractivity contribution < 1.29 is 4.74 Å². The van der Waals surface area contributed by atoms with Gasteiger partial charge in [0.05, 0.1) is 18.8 Å². The van der Waals surface area contributed by atoms with Gasteiger partial charge in [-0.25, -0.2) is 0 Å². The fraction of sp³-hybridized carbons (Fsp3) is 0.692. The molecule has 0 spiro atoms. The van der Waals surface area contributed by atoms with Gasteiger partial charge in [0.25, 0.3) is 0 Å². The third-order valence-electron chi connectivity index (χ3n) is 4.19. The summed E-state index contributed by atoms with van der Waals surface area (Å²) in [5, 5.41) is 8.88. The summed E-state index contributed by atoms with van der Waals surface area (Å²) >= 11 is 6.02. The average Bonchev–Trinajstić information content (AvgIpc) is 2.84. The van der Waals surface area contributed by atoms with Gasteiger partial charge in [-0.15, -0.1) is 10.2 Å². The zero-order valence-electron chi connectivity index (χ0n) is 10.8. The predicted molar refractivity (Wildman–Crippen MR) is 71.2 cm³/mol. The van der Waals surface area contributed by atoms with Crippen LogP contribution in [0, 0.1) is 13.8 Å². The van der Waals surface area contributed by atoms with Crippen LogP contribution < -0.4 is 4.90 Å². The number of hydrogen-bond acceptors (Lipinski definition) is 4. The van der Waals surface area contributed by atoms with Gasteiger partial charge in [0.1, 0.15) is 0 Å². The molecule has 1 aromatic heterocycles. The van der Waals surface area contributed by atoms with Crippen molar-refractivity contribution in [2.45, 2.75) is 45.3 Å². The Morgan fingerprint density at radius 3 is 2.89 bits per heavy atom. The molecular weight excluding hydrogens is 250 g/mol. The Kier molecular flexibility index (Phi) is 3.16.